The number of carbonyl (C=O) groups excluding carboxylic acids is 3. The van der Waals surface area contributed by atoms with Crippen LogP contribution in [0.25, 0.3) is 0 Å². The van der Waals surface area contributed by atoms with Gasteiger partial charge in [-0.05, 0) is 49.2 Å². The van der Waals surface area contributed by atoms with E-state index in [1.165, 1.54) is 0 Å². The molecule has 0 atom stereocenters. The van der Waals surface area contributed by atoms with Crippen molar-refractivity contribution in [1.29, 1.82) is 0 Å². The summed E-state index contributed by atoms with van der Waals surface area (Å²) in [7, 11) is 0. The summed E-state index contributed by atoms with van der Waals surface area (Å²) in [5.41, 5.74) is 1.71. The van der Waals surface area contributed by atoms with Crippen molar-refractivity contribution in [3.8, 4) is 0 Å². The number of nitrogens with one attached hydrogen (secondary N) is 3. The smallest absolute Gasteiger partial charge is 0.255 e. The van der Waals surface area contributed by atoms with Crippen LogP contribution in [0.1, 0.15) is 44.0 Å². The number of carbonyl (C=O) groups is 3. The highest BCUT2D eigenvalue weighted by atomic mass is 16.2. The predicted molar refractivity (Wildman–Crippen MR) is 110 cm³/mol. The highest BCUT2D eigenvalue weighted by Crippen LogP contribution is 2.30. The molecule has 3 rings (SSSR count). The van der Waals surface area contributed by atoms with Gasteiger partial charge >= 0.3 is 0 Å². The van der Waals surface area contributed by atoms with E-state index in [4.69, 9.17) is 0 Å². The van der Waals surface area contributed by atoms with Crippen LogP contribution in [-0.4, -0.2) is 17.7 Å². The fourth-order valence-electron chi connectivity index (χ4n) is 2.52. The van der Waals surface area contributed by atoms with Crippen molar-refractivity contribution in [3.05, 3.63) is 54.1 Å². The molecule has 2 aromatic rings. The summed E-state index contributed by atoms with van der Waals surface area (Å²) in [6.07, 6.45) is 1.87. The van der Waals surface area contributed by atoms with Gasteiger partial charge in [0.05, 0.1) is 0 Å². The zero-order valence-corrected chi connectivity index (χ0v) is 16.3. The molecule has 1 saturated carbocycles. The van der Waals surface area contributed by atoms with Gasteiger partial charge in [-0.2, -0.15) is 0 Å². The zero-order chi connectivity index (χ0) is 20.3. The molecule has 3 N–H and O–H groups in total. The van der Waals surface area contributed by atoms with Crippen molar-refractivity contribution in [2.45, 2.75) is 33.6 Å². The first-order valence-electron chi connectivity index (χ1n) is 9.36. The Labute approximate surface area is 164 Å². The fraction of sp³-hybridized carbons (Fsp3) is 0.318. The molecule has 3 amide bonds. The Kier molecular flexibility index (Phi) is 5.49. The normalized spacial score (nSPS) is 13.5. The Morgan fingerprint density at radius 2 is 1.39 bits per heavy atom. The molecule has 6 heteroatoms. The van der Waals surface area contributed by atoms with Crippen LogP contribution in [0.4, 0.5) is 17.1 Å². The van der Waals surface area contributed by atoms with Crippen molar-refractivity contribution in [2.24, 2.45) is 11.3 Å². The van der Waals surface area contributed by atoms with Crippen LogP contribution in [0.3, 0.4) is 0 Å². The molecule has 0 bridgehead atoms. The Hall–Kier alpha value is -3.15. The molecule has 6 nitrogen and oxygen atoms in total. The Bertz CT molecular complexity index is 911. The molecule has 2 aromatic carbocycles. The maximum atomic E-state index is 12.6. The van der Waals surface area contributed by atoms with E-state index in [1.807, 2.05) is 20.8 Å². The lowest BCUT2D eigenvalue weighted by Crippen LogP contribution is -2.27. The fourth-order valence-corrected chi connectivity index (χ4v) is 2.52. The van der Waals surface area contributed by atoms with E-state index in [0.717, 1.165) is 12.8 Å². The molecule has 0 unspecified atom stereocenters. The van der Waals surface area contributed by atoms with E-state index in [9.17, 15) is 14.4 Å². The molecule has 28 heavy (non-hydrogen) atoms. The van der Waals surface area contributed by atoms with Gasteiger partial charge in [0.15, 0.2) is 0 Å². The Morgan fingerprint density at radius 3 is 2.00 bits per heavy atom. The summed E-state index contributed by atoms with van der Waals surface area (Å²) in [5.74, 6) is -0.281. The monoisotopic (exact) mass is 379 g/mol. The summed E-state index contributed by atoms with van der Waals surface area (Å²) in [6.45, 7) is 5.48. The van der Waals surface area contributed by atoms with Gasteiger partial charge in [-0.25, -0.2) is 0 Å². The van der Waals surface area contributed by atoms with Gasteiger partial charge in [-0.15, -0.1) is 0 Å². The van der Waals surface area contributed by atoms with Gasteiger partial charge < -0.3 is 16.0 Å². The van der Waals surface area contributed by atoms with Crippen LogP contribution in [0.15, 0.2) is 48.5 Å². The second-order valence-corrected chi connectivity index (χ2v) is 8.08. The SMILES string of the molecule is CC(C)(C)C(=O)Nc1cccc(C(=O)Nc2cccc(NC(=O)C3CC3)c2)c1. The number of anilines is 3. The standard InChI is InChI=1S/C22H25N3O3/c1-22(2,3)21(28)25-16-7-4-6-15(12-16)20(27)24-18-9-5-8-17(13-18)23-19(26)14-10-11-14/h4-9,12-14H,10-11H2,1-3H3,(H,23,26)(H,24,27)(H,25,28). The average molecular weight is 379 g/mol. The summed E-state index contributed by atoms with van der Waals surface area (Å²) in [4.78, 5) is 36.6. The van der Waals surface area contributed by atoms with E-state index in [-0.39, 0.29) is 23.6 Å². The molecule has 146 valence electrons. The van der Waals surface area contributed by atoms with Gasteiger partial charge in [-0.1, -0.05) is 32.9 Å². The summed E-state index contributed by atoms with van der Waals surface area (Å²) < 4.78 is 0. The number of hydrogen-bond donors (Lipinski definition) is 3. The van der Waals surface area contributed by atoms with Crippen LogP contribution >= 0.6 is 0 Å². The highest BCUT2D eigenvalue weighted by molar-refractivity contribution is 6.06. The second kappa shape index (κ2) is 7.84. The zero-order valence-electron chi connectivity index (χ0n) is 16.3. The maximum absolute atomic E-state index is 12.6. The minimum atomic E-state index is -0.524. The molecule has 1 aliphatic carbocycles. The summed E-state index contributed by atoms with van der Waals surface area (Å²) >= 11 is 0. The van der Waals surface area contributed by atoms with Crippen LogP contribution in [0.2, 0.25) is 0 Å². The van der Waals surface area contributed by atoms with E-state index in [2.05, 4.69) is 16.0 Å². The molecular weight excluding hydrogens is 354 g/mol. The van der Waals surface area contributed by atoms with Crippen molar-refractivity contribution < 1.29 is 14.4 Å². The molecule has 0 aliphatic heterocycles. The van der Waals surface area contributed by atoms with E-state index in [0.29, 0.717) is 22.6 Å². The number of hydrogen-bond acceptors (Lipinski definition) is 3. The third kappa shape index (κ3) is 5.19. The lowest BCUT2D eigenvalue weighted by Gasteiger charge is -2.18. The van der Waals surface area contributed by atoms with Crippen molar-refractivity contribution in [3.63, 3.8) is 0 Å². The summed E-state index contributed by atoms with van der Waals surface area (Å²) in [6, 6.07) is 13.8. The molecular formula is C22H25N3O3. The minimum absolute atomic E-state index is 0.0192. The molecule has 0 saturated heterocycles. The Balaban J connectivity index is 1.67. The maximum Gasteiger partial charge on any atom is 0.255 e. The first kappa shape index (κ1) is 19.6. The van der Waals surface area contributed by atoms with Gasteiger partial charge in [0.2, 0.25) is 11.8 Å². The van der Waals surface area contributed by atoms with Crippen LogP contribution < -0.4 is 16.0 Å². The number of rotatable bonds is 5. The lowest BCUT2D eigenvalue weighted by molar-refractivity contribution is -0.123. The predicted octanol–water partition coefficient (Wildman–Crippen LogP) is 4.27. The minimum Gasteiger partial charge on any atom is -0.326 e. The summed E-state index contributed by atoms with van der Waals surface area (Å²) in [5, 5.41) is 8.51. The van der Waals surface area contributed by atoms with E-state index in [1.54, 1.807) is 48.5 Å². The van der Waals surface area contributed by atoms with Crippen LogP contribution in [-0.2, 0) is 9.59 Å². The van der Waals surface area contributed by atoms with Crippen molar-refractivity contribution >= 4 is 34.8 Å². The third-order valence-corrected chi connectivity index (χ3v) is 4.40. The number of benzene rings is 2. The third-order valence-electron chi connectivity index (χ3n) is 4.40. The first-order valence-corrected chi connectivity index (χ1v) is 9.36. The van der Waals surface area contributed by atoms with E-state index >= 15 is 0 Å². The van der Waals surface area contributed by atoms with Gasteiger partial charge in [0, 0.05) is 34.0 Å². The molecule has 0 aromatic heterocycles. The Morgan fingerprint density at radius 1 is 0.821 bits per heavy atom. The van der Waals surface area contributed by atoms with Gasteiger partial charge in [0.25, 0.3) is 5.91 Å². The molecule has 0 radical (unpaired) electrons. The topological polar surface area (TPSA) is 87.3 Å². The molecule has 1 aliphatic rings. The van der Waals surface area contributed by atoms with E-state index < -0.39 is 5.41 Å². The molecule has 1 fully saturated rings. The van der Waals surface area contributed by atoms with Crippen LogP contribution in [0.5, 0.6) is 0 Å². The lowest BCUT2D eigenvalue weighted by atomic mass is 9.95. The van der Waals surface area contributed by atoms with Gasteiger partial charge in [0.1, 0.15) is 0 Å². The van der Waals surface area contributed by atoms with Crippen molar-refractivity contribution in [2.75, 3.05) is 16.0 Å². The first-order chi connectivity index (χ1) is 13.2. The second-order valence-electron chi connectivity index (χ2n) is 8.08. The van der Waals surface area contributed by atoms with Gasteiger partial charge in [-0.3, -0.25) is 14.4 Å². The van der Waals surface area contributed by atoms with Crippen LogP contribution in [0, 0.1) is 11.3 Å². The molecule has 0 spiro atoms. The average Bonchev–Trinajstić information content (AvgIpc) is 3.46. The quantitative estimate of drug-likeness (QED) is 0.725. The number of amides is 3. The molecule has 0 heterocycles. The highest BCUT2D eigenvalue weighted by Gasteiger charge is 2.29. The van der Waals surface area contributed by atoms with Crippen molar-refractivity contribution in [1.82, 2.24) is 0 Å². The largest absolute Gasteiger partial charge is 0.326 e.